The summed E-state index contributed by atoms with van der Waals surface area (Å²) in [7, 11) is 0. The zero-order valence-corrected chi connectivity index (χ0v) is 11.6. The molecule has 1 N–H and O–H groups in total. The topological polar surface area (TPSA) is 32.7 Å². The number of aromatic hydroxyl groups is 1. The van der Waals surface area contributed by atoms with Crippen LogP contribution in [0.3, 0.4) is 0 Å². The van der Waals surface area contributed by atoms with E-state index in [0.717, 1.165) is 19.6 Å². The molecule has 0 amide bonds. The van der Waals surface area contributed by atoms with Crippen molar-refractivity contribution in [3.63, 3.8) is 0 Å². The van der Waals surface area contributed by atoms with E-state index in [9.17, 15) is 5.11 Å². The van der Waals surface area contributed by atoms with Gasteiger partial charge in [-0.3, -0.25) is 4.90 Å². The Labute approximate surface area is 109 Å². The summed E-state index contributed by atoms with van der Waals surface area (Å²) in [5.41, 5.74) is 1.63. The van der Waals surface area contributed by atoms with Crippen molar-refractivity contribution in [1.29, 1.82) is 0 Å². The summed E-state index contributed by atoms with van der Waals surface area (Å²) < 4.78 is 5.41. The van der Waals surface area contributed by atoms with Gasteiger partial charge in [0.1, 0.15) is 0 Å². The maximum Gasteiger partial charge on any atom is 0.161 e. The summed E-state index contributed by atoms with van der Waals surface area (Å²) in [6.45, 7) is 10.4. The number of benzene rings is 1. The molecule has 1 aromatic rings. The van der Waals surface area contributed by atoms with E-state index in [1.54, 1.807) is 6.07 Å². The molecule has 2 rings (SSSR count). The second-order valence-electron chi connectivity index (χ2n) is 5.86. The van der Waals surface area contributed by atoms with Crippen LogP contribution in [0, 0.1) is 5.41 Å². The number of hydrogen-bond acceptors (Lipinski definition) is 3. The monoisotopic (exact) mass is 249 g/mol. The van der Waals surface area contributed by atoms with Gasteiger partial charge in [0.2, 0.25) is 0 Å². The lowest BCUT2D eigenvalue weighted by atomic mass is 9.93. The third-order valence-corrected chi connectivity index (χ3v) is 3.49. The lowest BCUT2D eigenvalue weighted by molar-refractivity contribution is 0.282. The second-order valence-corrected chi connectivity index (χ2v) is 5.86. The van der Waals surface area contributed by atoms with Crippen molar-refractivity contribution < 1.29 is 9.84 Å². The molecule has 3 heteroatoms. The van der Waals surface area contributed by atoms with Gasteiger partial charge in [0.25, 0.3) is 0 Å². The molecular weight excluding hydrogens is 226 g/mol. The molecule has 0 aromatic heterocycles. The highest BCUT2D eigenvalue weighted by Gasteiger charge is 2.28. The summed E-state index contributed by atoms with van der Waals surface area (Å²) in [6, 6.07) is 5.65. The van der Waals surface area contributed by atoms with Crippen LogP contribution in [0.4, 0.5) is 0 Å². The summed E-state index contributed by atoms with van der Waals surface area (Å²) in [5, 5.41) is 9.67. The fourth-order valence-electron chi connectivity index (χ4n) is 2.55. The average Bonchev–Trinajstić information content (AvgIpc) is 2.63. The minimum Gasteiger partial charge on any atom is -0.504 e. The van der Waals surface area contributed by atoms with E-state index in [4.69, 9.17) is 4.74 Å². The van der Waals surface area contributed by atoms with Gasteiger partial charge in [-0.15, -0.1) is 0 Å². The molecule has 0 aliphatic carbocycles. The summed E-state index contributed by atoms with van der Waals surface area (Å²) in [4.78, 5) is 2.46. The van der Waals surface area contributed by atoms with Crippen molar-refractivity contribution in [2.24, 2.45) is 5.41 Å². The molecule has 0 radical (unpaired) electrons. The smallest absolute Gasteiger partial charge is 0.161 e. The largest absolute Gasteiger partial charge is 0.504 e. The Morgan fingerprint density at radius 2 is 2.17 bits per heavy atom. The first kappa shape index (κ1) is 13.2. The third kappa shape index (κ3) is 3.16. The molecule has 0 bridgehead atoms. The number of ether oxygens (including phenoxy) is 1. The minimum atomic E-state index is 0.224. The minimum absolute atomic E-state index is 0.224. The fourth-order valence-corrected chi connectivity index (χ4v) is 2.55. The van der Waals surface area contributed by atoms with Crippen molar-refractivity contribution in [1.82, 2.24) is 4.90 Å². The number of nitrogens with zero attached hydrogens (tertiary/aromatic N) is 1. The second kappa shape index (κ2) is 5.19. The van der Waals surface area contributed by atoms with E-state index in [1.807, 2.05) is 19.1 Å². The van der Waals surface area contributed by atoms with Gasteiger partial charge in [-0.05, 0) is 43.0 Å². The predicted molar refractivity (Wildman–Crippen MR) is 73.0 cm³/mol. The molecule has 1 saturated heterocycles. The number of phenolic OH excluding ortho intramolecular Hbond substituents is 1. The molecule has 1 fully saturated rings. The highest BCUT2D eigenvalue weighted by Crippen LogP contribution is 2.31. The zero-order chi connectivity index (χ0) is 13.2. The summed E-state index contributed by atoms with van der Waals surface area (Å²) in [6.07, 6.45) is 1.25. The Balaban J connectivity index is 2.04. The van der Waals surface area contributed by atoms with Gasteiger partial charge in [0.15, 0.2) is 11.5 Å². The standard InChI is InChI=1S/C15H23NO2/c1-4-18-14-9-12(5-6-13(14)17)10-16-8-7-15(2,3)11-16/h5-6,9,17H,4,7-8,10-11H2,1-3H3. The quantitative estimate of drug-likeness (QED) is 0.890. The Hall–Kier alpha value is -1.22. The van der Waals surface area contributed by atoms with Crippen LogP contribution in [0.25, 0.3) is 0 Å². The van der Waals surface area contributed by atoms with Crippen molar-refractivity contribution in [3.05, 3.63) is 23.8 Å². The first-order valence-corrected chi connectivity index (χ1v) is 6.67. The lowest BCUT2D eigenvalue weighted by Gasteiger charge is -2.20. The number of phenols is 1. The molecule has 0 spiro atoms. The van der Waals surface area contributed by atoms with Gasteiger partial charge in [0.05, 0.1) is 6.61 Å². The predicted octanol–water partition coefficient (Wildman–Crippen LogP) is 3.02. The molecule has 0 unspecified atom stereocenters. The van der Waals surface area contributed by atoms with Crippen LogP contribution in [-0.2, 0) is 6.54 Å². The summed E-state index contributed by atoms with van der Waals surface area (Å²) in [5.74, 6) is 0.816. The molecule has 1 heterocycles. The molecule has 1 aliphatic rings. The van der Waals surface area contributed by atoms with Crippen LogP contribution in [0.1, 0.15) is 32.8 Å². The van der Waals surface area contributed by atoms with E-state index in [-0.39, 0.29) is 5.75 Å². The fraction of sp³-hybridized carbons (Fsp3) is 0.600. The van der Waals surface area contributed by atoms with Crippen molar-refractivity contribution >= 4 is 0 Å². The Bertz CT molecular complexity index is 415. The molecule has 3 nitrogen and oxygen atoms in total. The summed E-state index contributed by atoms with van der Waals surface area (Å²) >= 11 is 0. The molecule has 1 aromatic carbocycles. The molecule has 0 saturated carbocycles. The highest BCUT2D eigenvalue weighted by atomic mass is 16.5. The van der Waals surface area contributed by atoms with Crippen LogP contribution in [0.2, 0.25) is 0 Å². The van der Waals surface area contributed by atoms with E-state index < -0.39 is 0 Å². The maximum absolute atomic E-state index is 9.67. The zero-order valence-electron chi connectivity index (χ0n) is 11.6. The first-order chi connectivity index (χ1) is 8.50. The van der Waals surface area contributed by atoms with Crippen molar-refractivity contribution in [2.45, 2.75) is 33.7 Å². The normalized spacial score (nSPS) is 19.1. The van der Waals surface area contributed by atoms with Gasteiger partial charge >= 0.3 is 0 Å². The van der Waals surface area contributed by atoms with Gasteiger partial charge in [-0.1, -0.05) is 19.9 Å². The van der Waals surface area contributed by atoms with Crippen molar-refractivity contribution in [3.8, 4) is 11.5 Å². The van der Waals surface area contributed by atoms with Gasteiger partial charge < -0.3 is 9.84 Å². The van der Waals surface area contributed by atoms with Gasteiger partial charge in [-0.25, -0.2) is 0 Å². The number of likely N-dealkylation sites (tertiary alicyclic amines) is 1. The van der Waals surface area contributed by atoms with E-state index in [0.29, 0.717) is 17.8 Å². The van der Waals surface area contributed by atoms with E-state index >= 15 is 0 Å². The van der Waals surface area contributed by atoms with Crippen LogP contribution in [-0.4, -0.2) is 29.7 Å². The van der Waals surface area contributed by atoms with Crippen molar-refractivity contribution in [2.75, 3.05) is 19.7 Å². The van der Waals surface area contributed by atoms with E-state index in [1.165, 1.54) is 12.0 Å². The Kier molecular flexibility index (Phi) is 3.81. The number of hydrogen-bond donors (Lipinski definition) is 1. The average molecular weight is 249 g/mol. The highest BCUT2D eigenvalue weighted by molar-refractivity contribution is 5.41. The number of rotatable bonds is 4. The van der Waals surface area contributed by atoms with E-state index in [2.05, 4.69) is 18.7 Å². The Morgan fingerprint density at radius 3 is 2.78 bits per heavy atom. The molecule has 0 atom stereocenters. The van der Waals surface area contributed by atoms with Crippen LogP contribution < -0.4 is 4.74 Å². The van der Waals surface area contributed by atoms with Crippen LogP contribution in [0.15, 0.2) is 18.2 Å². The van der Waals surface area contributed by atoms with Gasteiger partial charge in [0, 0.05) is 13.1 Å². The third-order valence-electron chi connectivity index (χ3n) is 3.49. The van der Waals surface area contributed by atoms with Gasteiger partial charge in [-0.2, -0.15) is 0 Å². The van der Waals surface area contributed by atoms with Crippen LogP contribution in [0.5, 0.6) is 11.5 Å². The molecule has 100 valence electrons. The Morgan fingerprint density at radius 1 is 1.39 bits per heavy atom. The maximum atomic E-state index is 9.67. The SMILES string of the molecule is CCOc1cc(CN2CCC(C)(C)C2)ccc1O. The molecule has 1 aliphatic heterocycles. The van der Waals surface area contributed by atoms with Crippen LogP contribution >= 0.6 is 0 Å². The molecular formula is C15H23NO2. The lowest BCUT2D eigenvalue weighted by Crippen LogP contribution is -2.22. The molecule has 18 heavy (non-hydrogen) atoms. The first-order valence-electron chi connectivity index (χ1n) is 6.67.